The summed E-state index contributed by atoms with van der Waals surface area (Å²) >= 11 is 3.05. The zero-order chi connectivity index (χ0) is 15.6. The third-order valence-electron chi connectivity index (χ3n) is 3.28. The summed E-state index contributed by atoms with van der Waals surface area (Å²) in [7, 11) is 0.908. The summed E-state index contributed by atoms with van der Waals surface area (Å²) in [5, 5.41) is 2.59. The first-order valence-corrected chi connectivity index (χ1v) is 9.61. The van der Waals surface area contributed by atoms with Gasteiger partial charge in [0.25, 0.3) is 15.0 Å². The molecule has 0 unspecified atom stereocenters. The molecule has 2 rings (SSSR count). The van der Waals surface area contributed by atoms with Crippen LogP contribution in [0.5, 0.6) is 0 Å². The minimum Gasteiger partial charge on any atom is -0.352 e. The van der Waals surface area contributed by atoms with Crippen molar-refractivity contribution in [3.8, 4) is 0 Å². The van der Waals surface area contributed by atoms with Crippen LogP contribution in [0.1, 0.15) is 36.0 Å². The van der Waals surface area contributed by atoms with E-state index < -0.39 is 25.7 Å². The van der Waals surface area contributed by atoms with E-state index in [0.29, 0.717) is 6.54 Å². The van der Waals surface area contributed by atoms with Crippen LogP contribution < -0.4 is 5.32 Å². The number of hydrogen-bond donors (Lipinski definition) is 1. The van der Waals surface area contributed by atoms with Gasteiger partial charge in [-0.1, -0.05) is 28.8 Å². The molecular formula is C13H14BrClFNO3S. The predicted molar refractivity (Wildman–Crippen MR) is 81.4 cm³/mol. The molecule has 8 heteroatoms. The largest absolute Gasteiger partial charge is 0.352 e. The second-order valence-corrected chi connectivity index (χ2v) is 8.49. The second-order valence-electron chi connectivity index (χ2n) is 5.04. The molecule has 1 fully saturated rings. The Labute approximate surface area is 135 Å². The van der Waals surface area contributed by atoms with Crippen molar-refractivity contribution in [3.63, 3.8) is 0 Å². The molecule has 0 radical (unpaired) electrons. The van der Waals surface area contributed by atoms with E-state index >= 15 is 0 Å². The van der Waals surface area contributed by atoms with Crippen LogP contribution in [0.3, 0.4) is 0 Å². The molecule has 1 aromatic carbocycles. The van der Waals surface area contributed by atoms with Gasteiger partial charge in [-0.2, -0.15) is 0 Å². The zero-order valence-corrected chi connectivity index (χ0v) is 14.2. The minimum absolute atomic E-state index is 0.270. The summed E-state index contributed by atoms with van der Waals surface area (Å²) in [5.41, 5.74) is -0.338. The van der Waals surface area contributed by atoms with Gasteiger partial charge < -0.3 is 5.32 Å². The fraction of sp³-hybridized carbons (Fsp3) is 0.462. The van der Waals surface area contributed by atoms with E-state index in [1.54, 1.807) is 0 Å². The summed E-state index contributed by atoms with van der Waals surface area (Å²) in [6, 6.07) is 2.26. The van der Waals surface area contributed by atoms with Gasteiger partial charge in [0, 0.05) is 21.7 Å². The summed E-state index contributed by atoms with van der Waals surface area (Å²) in [6.07, 6.45) is 4.35. The fourth-order valence-corrected chi connectivity index (χ4v) is 3.54. The van der Waals surface area contributed by atoms with E-state index in [-0.39, 0.29) is 10.0 Å². The summed E-state index contributed by atoms with van der Waals surface area (Å²) in [6.45, 7) is 0.435. The van der Waals surface area contributed by atoms with Crippen LogP contribution in [0.4, 0.5) is 4.39 Å². The standard InChI is InChI=1S/C13H14BrClFNO3S/c14-9-6-10(12(16)11(7-9)21(15,19)20)13(18)17-5-1-2-8-3-4-8/h6-8H,1-5H2,(H,17,18). The van der Waals surface area contributed by atoms with E-state index in [1.165, 1.54) is 18.9 Å². The van der Waals surface area contributed by atoms with Crippen LogP contribution >= 0.6 is 26.6 Å². The molecule has 0 saturated heterocycles. The molecule has 1 saturated carbocycles. The van der Waals surface area contributed by atoms with Gasteiger partial charge in [-0.05, 0) is 30.9 Å². The average Bonchev–Trinajstić information content (AvgIpc) is 3.19. The van der Waals surface area contributed by atoms with Crippen LogP contribution in [0.25, 0.3) is 0 Å². The topological polar surface area (TPSA) is 63.2 Å². The quantitative estimate of drug-likeness (QED) is 0.590. The highest BCUT2D eigenvalue weighted by Crippen LogP contribution is 2.33. The molecule has 1 aromatic rings. The molecule has 1 aliphatic rings. The molecule has 0 spiro atoms. The summed E-state index contributed by atoms with van der Waals surface area (Å²) < 4.78 is 37.0. The first-order chi connectivity index (χ1) is 9.79. The monoisotopic (exact) mass is 397 g/mol. The Morgan fingerprint density at radius 2 is 2.10 bits per heavy atom. The molecule has 0 bridgehead atoms. The highest BCUT2D eigenvalue weighted by molar-refractivity contribution is 9.10. The lowest BCUT2D eigenvalue weighted by molar-refractivity contribution is 0.0948. The SMILES string of the molecule is O=C(NCCCC1CC1)c1cc(Br)cc(S(=O)(=O)Cl)c1F. The number of carbonyl (C=O) groups is 1. The normalized spacial score (nSPS) is 15.0. The Morgan fingerprint density at radius 1 is 1.43 bits per heavy atom. The van der Waals surface area contributed by atoms with Crippen molar-refractivity contribution in [2.45, 2.75) is 30.6 Å². The number of halogens is 3. The molecule has 116 valence electrons. The van der Waals surface area contributed by atoms with E-state index in [2.05, 4.69) is 21.2 Å². The summed E-state index contributed by atoms with van der Waals surface area (Å²) in [4.78, 5) is 11.2. The van der Waals surface area contributed by atoms with Crippen molar-refractivity contribution in [2.75, 3.05) is 6.54 Å². The Balaban J connectivity index is 2.10. The van der Waals surface area contributed by atoms with Gasteiger partial charge in [0.2, 0.25) is 0 Å². The van der Waals surface area contributed by atoms with E-state index in [1.807, 2.05) is 0 Å². The van der Waals surface area contributed by atoms with Crippen LogP contribution in [0.15, 0.2) is 21.5 Å². The van der Waals surface area contributed by atoms with Gasteiger partial charge in [0.15, 0.2) is 5.82 Å². The second kappa shape index (κ2) is 6.62. The predicted octanol–water partition coefficient (Wildman–Crippen LogP) is 3.44. The smallest absolute Gasteiger partial charge is 0.264 e. The Morgan fingerprint density at radius 3 is 2.67 bits per heavy atom. The van der Waals surface area contributed by atoms with Crippen molar-refractivity contribution in [1.82, 2.24) is 5.32 Å². The van der Waals surface area contributed by atoms with Gasteiger partial charge in [0.1, 0.15) is 4.90 Å². The fourth-order valence-electron chi connectivity index (χ4n) is 2.00. The summed E-state index contributed by atoms with van der Waals surface area (Å²) in [5.74, 6) is -1.02. The van der Waals surface area contributed by atoms with Crippen molar-refractivity contribution >= 4 is 41.6 Å². The molecular weight excluding hydrogens is 385 g/mol. The van der Waals surface area contributed by atoms with Gasteiger partial charge in [-0.3, -0.25) is 4.79 Å². The third kappa shape index (κ3) is 4.66. The van der Waals surface area contributed by atoms with Crippen LogP contribution in [-0.2, 0) is 9.05 Å². The first-order valence-electron chi connectivity index (χ1n) is 6.51. The maximum Gasteiger partial charge on any atom is 0.264 e. The van der Waals surface area contributed by atoms with Gasteiger partial charge in [-0.25, -0.2) is 12.8 Å². The molecule has 0 heterocycles. The highest BCUT2D eigenvalue weighted by Gasteiger charge is 2.24. The number of rotatable bonds is 6. The number of carbonyl (C=O) groups excluding carboxylic acids is 1. The zero-order valence-electron chi connectivity index (χ0n) is 11.0. The molecule has 0 aliphatic heterocycles. The molecule has 21 heavy (non-hydrogen) atoms. The first kappa shape index (κ1) is 16.7. The molecule has 0 aromatic heterocycles. The minimum atomic E-state index is -4.25. The molecule has 1 amide bonds. The van der Waals surface area contributed by atoms with Crippen molar-refractivity contribution in [2.24, 2.45) is 5.92 Å². The maximum atomic E-state index is 14.1. The number of hydrogen-bond acceptors (Lipinski definition) is 3. The number of nitrogens with one attached hydrogen (secondary N) is 1. The third-order valence-corrected chi connectivity index (χ3v) is 5.06. The van der Waals surface area contributed by atoms with Crippen molar-refractivity contribution in [1.29, 1.82) is 0 Å². The molecule has 1 N–H and O–H groups in total. The van der Waals surface area contributed by atoms with E-state index in [9.17, 15) is 17.6 Å². The molecule has 0 atom stereocenters. The maximum absolute atomic E-state index is 14.1. The highest BCUT2D eigenvalue weighted by atomic mass is 79.9. The van der Waals surface area contributed by atoms with Gasteiger partial charge >= 0.3 is 0 Å². The van der Waals surface area contributed by atoms with Crippen molar-refractivity contribution in [3.05, 3.63) is 28.0 Å². The average molecular weight is 399 g/mol. The van der Waals surface area contributed by atoms with Gasteiger partial charge in [-0.15, -0.1) is 0 Å². The van der Waals surface area contributed by atoms with E-state index in [4.69, 9.17) is 10.7 Å². The number of amides is 1. The van der Waals surface area contributed by atoms with Crippen LogP contribution in [0, 0.1) is 11.7 Å². The Bertz CT molecular complexity index is 662. The van der Waals surface area contributed by atoms with E-state index in [0.717, 1.165) is 24.8 Å². The Hall–Kier alpha value is -0.660. The number of benzene rings is 1. The van der Waals surface area contributed by atoms with Crippen LogP contribution in [-0.4, -0.2) is 20.9 Å². The molecule has 1 aliphatic carbocycles. The lowest BCUT2D eigenvalue weighted by atomic mass is 10.2. The lowest BCUT2D eigenvalue weighted by Crippen LogP contribution is -2.26. The Kier molecular flexibility index (Phi) is 5.27. The van der Waals surface area contributed by atoms with Crippen molar-refractivity contribution < 1.29 is 17.6 Å². The van der Waals surface area contributed by atoms with Crippen LogP contribution in [0.2, 0.25) is 0 Å². The molecule has 4 nitrogen and oxygen atoms in total. The van der Waals surface area contributed by atoms with Gasteiger partial charge in [0.05, 0.1) is 5.56 Å². The lowest BCUT2D eigenvalue weighted by Gasteiger charge is -2.09.